The van der Waals surface area contributed by atoms with Crippen molar-refractivity contribution in [2.24, 2.45) is 0 Å². The zero-order chi connectivity index (χ0) is 14.4. The monoisotopic (exact) mass is 270 g/mol. The van der Waals surface area contributed by atoms with Crippen LogP contribution in [0.4, 0.5) is 0 Å². The van der Waals surface area contributed by atoms with Gasteiger partial charge in [0.15, 0.2) is 0 Å². The van der Waals surface area contributed by atoms with E-state index in [9.17, 15) is 0 Å². The molecule has 0 radical (unpaired) electrons. The van der Waals surface area contributed by atoms with Crippen LogP contribution in [0, 0.1) is 0 Å². The summed E-state index contributed by atoms with van der Waals surface area (Å²) in [6, 6.07) is 6.68. The summed E-state index contributed by atoms with van der Waals surface area (Å²) >= 11 is 0. The van der Waals surface area contributed by atoms with E-state index in [2.05, 4.69) is 64.9 Å². The van der Waals surface area contributed by atoms with Gasteiger partial charge in [0.05, 0.1) is 0 Å². The van der Waals surface area contributed by atoms with Crippen LogP contribution >= 0.6 is 8.58 Å². The van der Waals surface area contributed by atoms with Gasteiger partial charge < -0.3 is 0 Å². The van der Waals surface area contributed by atoms with E-state index in [1.165, 1.54) is 27.6 Å². The maximum absolute atomic E-state index is 4.05. The fourth-order valence-electron chi connectivity index (χ4n) is 1.92. The van der Waals surface area contributed by atoms with Gasteiger partial charge in [-0.25, -0.2) is 0 Å². The molecule has 19 heavy (non-hydrogen) atoms. The lowest BCUT2D eigenvalue weighted by atomic mass is 9.99. The molecule has 1 rings (SSSR count). The van der Waals surface area contributed by atoms with Crippen molar-refractivity contribution in [1.82, 2.24) is 0 Å². The normalized spacial score (nSPS) is 13.1. The van der Waals surface area contributed by atoms with Gasteiger partial charge in [-0.05, 0) is 61.1 Å². The number of benzene rings is 1. The smallest absolute Gasteiger partial charge is 0.0158 e. The van der Waals surface area contributed by atoms with Gasteiger partial charge >= 0.3 is 0 Å². The van der Waals surface area contributed by atoms with E-state index in [-0.39, 0.29) is 0 Å². The van der Waals surface area contributed by atoms with Crippen molar-refractivity contribution in [3.63, 3.8) is 0 Å². The Balaban J connectivity index is 3.26. The molecule has 1 aromatic rings. The molecule has 0 aromatic heterocycles. The van der Waals surface area contributed by atoms with Crippen LogP contribution < -0.4 is 5.30 Å². The average Bonchev–Trinajstić information content (AvgIpc) is 2.42. The van der Waals surface area contributed by atoms with Crippen molar-refractivity contribution in [2.75, 3.05) is 6.66 Å². The summed E-state index contributed by atoms with van der Waals surface area (Å²) in [6.07, 6.45) is 5.88. The largest absolute Gasteiger partial charge is 0.0991 e. The first kappa shape index (κ1) is 15.7. The molecule has 1 atom stereocenters. The number of hydrogen-bond donors (Lipinski definition) is 0. The second kappa shape index (κ2) is 7.26. The first-order valence-electron chi connectivity index (χ1n) is 6.46. The SMILES string of the molecule is C=C/C=C\C(C)=C(/C)c1ccc(C(=C)C)c(PC)c1. The molecular weight excluding hydrogens is 247 g/mol. The number of hydrogen-bond acceptors (Lipinski definition) is 0. The lowest BCUT2D eigenvalue weighted by Gasteiger charge is -2.12. The topological polar surface area (TPSA) is 0 Å². The second-order valence-electron chi connectivity index (χ2n) is 4.69. The van der Waals surface area contributed by atoms with Crippen molar-refractivity contribution in [3.8, 4) is 0 Å². The molecule has 0 fully saturated rings. The Labute approximate surface area is 119 Å². The van der Waals surface area contributed by atoms with Crippen molar-refractivity contribution in [1.29, 1.82) is 0 Å². The molecule has 1 aromatic carbocycles. The van der Waals surface area contributed by atoms with Gasteiger partial charge in [0.2, 0.25) is 0 Å². The average molecular weight is 270 g/mol. The minimum Gasteiger partial charge on any atom is -0.0991 e. The third-order valence-corrected chi connectivity index (χ3v) is 4.21. The predicted octanol–water partition coefficient (Wildman–Crippen LogP) is 5.19. The molecule has 1 heteroatoms. The Morgan fingerprint density at radius 2 is 1.89 bits per heavy atom. The van der Waals surface area contributed by atoms with Gasteiger partial charge in [-0.1, -0.05) is 57.7 Å². The van der Waals surface area contributed by atoms with Crippen LogP contribution in [-0.2, 0) is 0 Å². The summed E-state index contributed by atoms with van der Waals surface area (Å²) in [6.45, 7) is 16.3. The summed E-state index contributed by atoms with van der Waals surface area (Å²) in [7, 11) is 0.788. The van der Waals surface area contributed by atoms with Crippen molar-refractivity contribution in [3.05, 3.63) is 66.3 Å². The van der Waals surface area contributed by atoms with Crippen LogP contribution in [0.2, 0.25) is 0 Å². The van der Waals surface area contributed by atoms with Gasteiger partial charge in [-0.3, -0.25) is 0 Å². The molecule has 0 aliphatic carbocycles. The van der Waals surface area contributed by atoms with E-state index in [4.69, 9.17) is 0 Å². The van der Waals surface area contributed by atoms with Gasteiger partial charge in [-0.15, -0.1) is 0 Å². The highest BCUT2D eigenvalue weighted by atomic mass is 31.1. The molecule has 0 N–H and O–H groups in total. The highest BCUT2D eigenvalue weighted by Gasteiger charge is 2.05. The fraction of sp³-hybridized carbons (Fsp3) is 0.222. The Morgan fingerprint density at radius 3 is 2.42 bits per heavy atom. The van der Waals surface area contributed by atoms with E-state index in [0.717, 1.165) is 14.2 Å². The maximum Gasteiger partial charge on any atom is -0.0158 e. The molecule has 0 saturated heterocycles. The summed E-state index contributed by atoms with van der Waals surface area (Å²) in [5.74, 6) is 0. The predicted molar refractivity (Wildman–Crippen MR) is 92.6 cm³/mol. The molecule has 0 saturated carbocycles. The van der Waals surface area contributed by atoms with Gasteiger partial charge in [0, 0.05) is 0 Å². The Hall–Kier alpha value is -1.39. The van der Waals surface area contributed by atoms with E-state index in [1.807, 2.05) is 6.08 Å². The van der Waals surface area contributed by atoms with Crippen LogP contribution in [0.5, 0.6) is 0 Å². The molecule has 100 valence electrons. The Kier molecular flexibility index (Phi) is 5.99. The minimum absolute atomic E-state index is 0.788. The first-order valence-corrected chi connectivity index (χ1v) is 7.96. The molecule has 0 aliphatic heterocycles. The Bertz CT molecular complexity index is 545. The van der Waals surface area contributed by atoms with Crippen LogP contribution in [0.1, 0.15) is 31.9 Å². The lowest BCUT2D eigenvalue weighted by Crippen LogP contribution is -2.03. The molecule has 0 amide bonds. The van der Waals surface area contributed by atoms with E-state index < -0.39 is 0 Å². The van der Waals surface area contributed by atoms with E-state index in [1.54, 1.807) is 6.08 Å². The van der Waals surface area contributed by atoms with Gasteiger partial charge in [-0.2, -0.15) is 0 Å². The third-order valence-electron chi connectivity index (χ3n) is 3.26. The molecule has 0 aliphatic rings. The highest BCUT2D eigenvalue weighted by Crippen LogP contribution is 2.23. The molecule has 1 unspecified atom stereocenters. The van der Waals surface area contributed by atoms with Crippen molar-refractivity contribution < 1.29 is 0 Å². The van der Waals surface area contributed by atoms with Crippen molar-refractivity contribution >= 4 is 25.0 Å². The minimum atomic E-state index is 0.788. The zero-order valence-electron chi connectivity index (χ0n) is 12.4. The van der Waals surface area contributed by atoms with Gasteiger partial charge in [0.25, 0.3) is 0 Å². The molecule has 0 bridgehead atoms. The van der Waals surface area contributed by atoms with Gasteiger partial charge in [0.1, 0.15) is 0 Å². The Morgan fingerprint density at radius 1 is 1.21 bits per heavy atom. The fourth-order valence-corrected chi connectivity index (χ4v) is 2.79. The summed E-state index contributed by atoms with van der Waals surface area (Å²) in [5, 5.41) is 1.39. The standard InChI is InChI=1S/C18H23P/c1-7-8-9-14(4)15(5)16-10-11-17(13(2)3)18(12-16)19-6/h7-12,19H,1-2H2,3-6H3/b9-8-,15-14+. The quantitative estimate of drug-likeness (QED) is 0.510. The second-order valence-corrected chi connectivity index (χ2v) is 5.73. The maximum atomic E-state index is 4.05. The molecule has 0 nitrogen and oxygen atoms in total. The molecular formula is C18H23P. The van der Waals surface area contributed by atoms with Crippen LogP contribution in [0.3, 0.4) is 0 Å². The van der Waals surface area contributed by atoms with E-state index in [0.29, 0.717) is 0 Å². The van der Waals surface area contributed by atoms with Crippen LogP contribution in [-0.4, -0.2) is 6.66 Å². The number of allylic oxidation sites excluding steroid dienone is 6. The third kappa shape index (κ3) is 4.04. The lowest BCUT2D eigenvalue weighted by molar-refractivity contribution is 1.46. The zero-order valence-corrected chi connectivity index (χ0v) is 13.4. The van der Waals surface area contributed by atoms with Crippen molar-refractivity contribution in [2.45, 2.75) is 20.8 Å². The molecule has 0 heterocycles. The number of rotatable bonds is 5. The van der Waals surface area contributed by atoms with Crippen LogP contribution in [0.25, 0.3) is 11.1 Å². The molecule has 0 spiro atoms. The summed E-state index contributed by atoms with van der Waals surface area (Å²) in [4.78, 5) is 0. The van der Waals surface area contributed by atoms with Crippen LogP contribution in [0.15, 0.2) is 55.2 Å². The summed E-state index contributed by atoms with van der Waals surface area (Å²) in [5.41, 5.74) is 6.30. The highest BCUT2D eigenvalue weighted by molar-refractivity contribution is 7.46. The summed E-state index contributed by atoms with van der Waals surface area (Å²) < 4.78 is 0. The first-order chi connectivity index (χ1) is 9.01. The van der Waals surface area contributed by atoms with E-state index >= 15 is 0 Å².